The van der Waals surface area contributed by atoms with E-state index in [1.165, 1.54) is 11.3 Å². The number of rotatable bonds is 3. The van der Waals surface area contributed by atoms with Crippen molar-refractivity contribution in [3.05, 3.63) is 63.9 Å². The van der Waals surface area contributed by atoms with Crippen LogP contribution in [0, 0.1) is 13.8 Å². The lowest BCUT2D eigenvalue weighted by Gasteiger charge is -2.12. The summed E-state index contributed by atoms with van der Waals surface area (Å²) in [6.07, 6.45) is 0. The Hall–Kier alpha value is -2.69. The summed E-state index contributed by atoms with van der Waals surface area (Å²) in [4.78, 5) is 13.1. The van der Waals surface area contributed by atoms with Crippen LogP contribution in [0.5, 0.6) is 0 Å². The molecule has 0 atom stereocenters. The van der Waals surface area contributed by atoms with Gasteiger partial charge in [-0.1, -0.05) is 27.3 Å². The Morgan fingerprint density at radius 1 is 1.14 bits per heavy atom. The van der Waals surface area contributed by atoms with Crippen molar-refractivity contribution < 1.29 is 4.79 Å². The molecule has 2 heterocycles. The summed E-state index contributed by atoms with van der Waals surface area (Å²) in [7, 11) is 0. The first-order valence-corrected chi connectivity index (χ1v) is 10.6. The van der Waals surface area contributed by atoms with Gasteiger partial charge in [-0.25, -0.2) is 0 Å². The van der Waals surface area contributed by atoms with Crippen molar-refractivity contribution in [1.29, 1.82) is 0 Å². The van der Waals surface area contributed by atoms with Crippen LogP contribution >= 0.6 is 39.5 Å². The van der Waals surface area contributed by atoms with E-state index >= 15 is 0 Å². The molecule has 0 aliphatic rings. The quantitative estimate of drug-likeness (QED) is 0.418. The Balaban J connectivity index is 1.47. The van der Waals surface area contributed by atoms with Crippen molar-refractivity contribution in [1.82, 2.24) is 25.1 Å². The molecule has 146 valence electrons. The Morgan fingerprint density at radius 2 is 1.90 bits per heavy atom. The molecule has 1 amide bonds. The maximum Gasteiger partial charge on any atom is 0.257 e. The molecule has 2 aromatic heterocycles. The zero-order chi connectivity index (χ0) is 20.5. The van der Waals surface area contributed by atoms with E-state index in [2.05, 4.69) is 41.9 Å². The fourth-order valence-corrected chi connectivity index (χ4v) is 4.05. The van der Waals surface area contributed by atoms with Gasteiger partial charge in [-0.3, -0.25) is 10.1 Å². The molecule has 4 rings (SSSR count). The third-order valence-electron chi connectivity index (χ3n) is 4.20. The summed E-state index contributed by atoms with van der Waals surface area (Å²) >= 11 is 10.1. The maximum absolute atomic E-state index is 12.3. The van der Waals surface area contributed by atoms with Gasteiger partial charge in [0, 0.05) is 21.3 Å². The minimum Gasteiger partial charge on any atom is -0.332 e. The first-order chi connectivity index (χ1) is 13.9. The zero-order valence-corrected chi connectivity index (χ0v) is 18.7. The number of nitrogens with one attached hydrogen (secondary N) is 2. The number of hydrogen-bond acceptors (Lipinski definition) is 6. The van der Waals surface area contributed by atoms with Gasteiger partial charge in [0.05, 0.1) is 0 Å². The number of anilines is 1. The fourth-order valence-electron chi connectivity index (χ4n) is 2.70. The van der Waals surface area contributed by atoms with E-state index in [1.807, 2.05) is 44.2 Å². The molecule has 0 spiro atoms. The van der Waals surface area contributed by atoms with Gasteiger partial charge < -0.3 is 5.32 Å². The van der Waals surface area contributed by atoms with Gasteiger partial charge in [-0.2, -0.15) is 9.61 Å². The predicted molar refractivity (Wildman–Crippen MR) is 121 cm³/mol. The lowest BCUT2D eigenvalue weighted by Crippen LogP contribution is -2.34. The van der Waals surface area contributed by atoms with E-state index in [9.17, 15) is 4.79 Å². The standard InChI is InChI=1S/C19H15BrN6OS2/c1-10-9-13(17-25-26-11(2)23-24-19(26)29-17)5-8-15(10)21-18(28)22-16(27)12-3-6-14(20)7-4-12/h3-9H,1-2H3,(H2,21,22,27,28). The molecule has 0 aliphatic carbocycles. The normalized spacial score (nSPS) is 10.9. The highest BCUT2D eigenvalue weighted by atomic mass is 79.9. The SMILES string of the molecule is Cc1cc(-c2nn3c(C)nnc3s2)ccc1NC(=S)NC(=O)c1ccc(Br)cc1. The molecule has 2 aromatic carbocycles. The highest BCUT2D eigenvalue weighted by Gasteiger charge is 2.13. The van der Waals surface area contributed by atoms with Crippen molar-refractivity contribution in [2.45, 2.75) is 13.8 Å². The number of thiocarbonyl (C=S) groups is 1. The molecule has 2 N–H and O–H groups in total. The van der Waals surface area contributed by atoms with E-state index in [1.54, 1.807) is 16.6 Å². The number of aryl methyl sites for hydroxylation is 2. The van der Waals surface area contributed by atoms with Crippen LogP contribution in [0.15, 0.2) is 46.9 Å². The van der Waals surface area contributed by atoms with Crippen molar-refractivity contribution >= 4 is 61.2 Å². The number of benzene rings is 2. The molecule has 0 aliphatic heterocycles. The molecule has 7 nitrogen and oxygen atoms in total. The second kappa shape index (κ2) is 7.97. The Kier molecular flexibility index (Phi) is 5.39. The topological polar surface area (TPSA) is 84.2 Å². The van der Waals surface area contributed by atoms with Crippen LogP contribution in [0.4, 0.5) is 5.69 Å². The number of halogens is 1. The van der Waals surface area contributed by atoms with Gasteiger partial charge in [0.2, 0.25) is 4.96 Å². The van der Waals surface area contributed by atoms with Crippen LogP contribution in [0.3, 0.4) is 0 Å². The maximum atomic E-state index is 12.3. The van der Waals surface area contributed by atoms with Crippen molar-refractivity contribution in [2.24, 2.45) is 0 Å². The lowest BCUT2D eigenvalue weighted by atomic mass is 10.1. The van der Waals surface area contributed by atoms with Gasteiger partial charge in [0.1, 0.15) is 5.01 Å². The summed E-state index contributed by atoms with van der Waals surface area (Å²) in [5, 5.41) is 19.5. The third kappa shape index (κ3) is 4.19. The first kappa shape index (κ1) is 19.6. The monoisotopic (exact) mass is 486 g/mol. The summed E-state index contributed by atoms with van der Waals surface area (Å²) in [6.45, 7) is 3.84. The van der Waals surface area contributed by atoms with Crippen molar-refractivity contribution in [2.75, 3.05) is 5.32 Å². The summed E-state index contributed by atoms with van der Waals surface area (Å²) < 4.78 is 2.64. The second-order valence-electron chi connectivity index (χ2n) is 6.29. The van der Waals surface area contributed by atoms with Crippen LogP contribution in [0.1, 0.15) is 21.7 Å². The van der Waals surface area contributed by atoms with Crippen LogP contribution in [0.2, 0.25) is 0 Å². The van der Waals surface area contributed by atoms with Crippen LogP contribution in [0.25, 0.3) is 15.5 Å². The highest BCUT2D eigenvalue weighted by molar-refractivity contribution is 9.10. The fraction of sp³-hybridized carbons (Fsp3) is 0.105. The molecule has 0 bridgehead atoms. The number of hydrogen-bond donors (Lipinski definition) is 2. The Labute approximate surface area is 184 Å². The van der Waals surface area contributed by atoms with Gasteiger partial charge in [0.15, 0.2) is 10.9 Å². The van der Waals surface area contributed by atoms with E-state index in [-0.39, 0.29) is 11.0 Å². The molecule has 29 heavy (non-hydrogen) atoms. The number of carbonyl (C=O) groups excluding carboxylic acids is 1. The second-order valence-corrected chi connectivity index (χ2v) is 8.57. The predicted octanol–water partition coefficient (Wildman–Crippen LogP) is 4.36. The van der Waals surface area contributed by atoms with Crippen molar-refractivity contribution in [3.8, 4) is 10.6 Å². The molecule has 10 heteroatoms. The highest BCUT2D eigenvalue weighted by Crippen LogP contribution is 2.28. The average molecular weight is 487 g/mol. The minimum atomic E-state index is -0.264. The summed E-state index contributed by atoms with van der Waals surface area (Å²) in [5.41, 5.74) is 3.30. The van der Waals surface area contributed by atoms with Gasteiger partial charge >= 0.3 is 0 Å². The number of fused-ring (bicyclic) bond motifs is 1. The Morgan fingerprint density at radius 3 is 2.59 bits per heavy atom. The van der Waals surface area contributed by atoms with E-state index < -0.39 is 0 Å². The molecule has 0 saturated heterocycles. The largest absolute Gasteiger partial charge is 0.332 e. The third-order valence-corrected chi connectivity index (χ3v) is 5.88. The van der Waals surface area contributed by atoms with E-state index in [4.69, 9.17) is 12.2 Å². The van der Waals surface area contributed by atoms with Crippen molar-refractivity contribution in [3.63, 3.8) is 0 Å². The Bertz CT molecular complexity index is 1230. The number of nitrogens with zero attached hydrogens (tertiary/aromatic N) is 4. The van der Waals surface area contributed by atoms with Gasteiger partial charge in [-0.05, 0) is 74.1 Å². The molecular weight excluding hydrogens is 472 g/mol. The summed E-state index contributed by atoms with van der Waals surface area (Å²) in [6, 6.07) is 13.0. The number of carbonyl (C=O) groups is 1. The minimum absolute atomic E-state index is 0.239. The average Bonchev–Trinajstić information content (AvgIpc) is 3.26. The summed E-state index contributed by atoms with van der Waals surface area (Å²) in [5.74, 6) is 0.490. The molecule has 0 saturated carbocycles. The van der Waals surface area contributed by atoms with Crippen LogP contribution in [-0.2, 0) is 0 Å². The number of aromatic nitrogens is 4. The van der Waals surface area contributed by atoms with Crippen LogP contribution in [-0.4, -0.2) is 30.8 Å². The molecule has 0 radical (unpaired) electrons. The number of amides is 1. The zero-order valence-electron chi connectivity index (χ0n) is 15.4. The molecule has 0 fully saturated rings. The smallest absolute Gasteiger partial charge is 0.257 e. The van der Waals surface area contributed by atoms with E-state index in [0.717, 1.165) is 37.1 Å². The molecule has 0 unspecified atom stereocenters. The first-order valence-electron chi connectivity index (χ1n) is 8.58. The lowest BCUT2D eigenvalue weighted by molar-refractivity contribution is 0.0977. The molecule has 4 aromatic rings. The van der Waals surface area contributed by atoms with E-state index in [0.29, 0.717) is 5.56 Å². The van der Waals surface area contributed by atoms with Gasteiger partial charge in [0.25, 0.3) is 5.91 Å². The molecular formula is C19H15BrN6OS2. The van der Waals surface area contributed by atoms with Gasteiger partial charge in [-0.15, -0.1) is 10.2 Å². The van der Waals surface area contributed by atoms with Crippen LogP contribution < -0.4 is 10.6 Å².